The first-order chi connectivity index (χ1) is 10.7. The highest BCUT2D eigenvalue weighted by Gasteiger charge is 2.38. The number of anilines is 1. The molecule has 0 N–H and O–H groups in total. The van der Waals surface area contributed by atoms with E-state index in [1.165, 1.54) is 5.56 Å². The maximum absolute atomic E-state index is 12.9. The maximum Gasteiger partial charge on any atom is 0.271 e. The fraction of sp³-hybridized carbons (Fsp3) is 0.278. The Bertz CT molecular complexity index is 728. The molecule has 1 amide bonds. The van der Waals surface area contributed by atoms with Gasteiger partial charge >= 0.3 is 0 Å². The minimum atomic E-state index is -0.610. The van der Waals surface area contributed by atoms with Crippen molar-refractivity contribution in [1.29, 1.82) is 0 Å². The number of carbonyl (C=O) groups excluding carboxylic acids is 1. The lowest BCUT2D eigenvalue weighted by molar-refractivity contribution is -0.130. The smallest absolute Gasteiger partial charge is 0.271 e. The molecule has 2 heterocycles. The Kier molecular flexibility index (Phi) is 3.03. The monoisotopic (exact) mass is 295 g/mol. The third kappa shape index (κ3) is 2.03. The van der Waals surface area contributed by atoms with Crippen LogP contribution in [0.3, 0.4) is 0 Å². The van der Waals surface area contributed by atoms with E-state index in [4.69, 9.17) is 9.47 Å². The molecule has 0 bridgehead atoms. The van der Waals surface area contributed by atoms with Gasteiger partial charge in [-0.05, 0) is 37.1 Å². The third-order valence-electron chi connectivity index (χ3n) is 4.24. The number of amides is 1. The lowest BCUT2D eigenvalue weighted by Crippen LogP contribution is -2.50. The van der Waals surface area contributed by atoms with Crippen molar-refractivity contribution in [3.05, 3.63) is 54.1 Å². The summed E-state index contributed by atoms with van der Waals surface area (Å²) in [4.78, 5) is 14.7. The molecule has 22 heavy (non-hydrogen) atoms. The number of carbonyl (C=O) groups is 1. The van der Waals surface area contributed by atoms with Gasteiger partial charge < -0.3 is 14.4 Å². The molecule has 2 atom stereocenters. The van der Waals surface area contributed by atoms with Crippen molar-refractivity contribution in [2.75, 3.05) is 11.4 Å². The molecule has 0 saturated carbocycles. The average molecular weight is 295 g/mol. The molecule has 2 aliphatic heterocycles. The Hall–Kier alpha value is -2.49. The summed E-state index contributed by atoms with van der Waals surface area (Å²) in [5.41, 5.74) is 2.20. The standard InChI is InChI=1S/C18H17NO3/c1-12-17(22-16-9-5-4-8-15(16)21-12)18(20)19-11-10-13-6-2-3-7-14(13)19/h2-9,12,17H,10-11H2,1H3. The van der Waals surface area contributed by atoms with Gasteiger partial charge in [-0.1, -0.05) is 30.3 Å². The van der Waals surface area contributed by atoms with Crippen LogP contribution in [0.4, 0.5) is 5.69 Å². The Morgan fingerprint density at radius 3 is 2.55 bits per heavy atom. The number of nitrogens with zero attached hydrogens (tertiary/aromatic N) is 1. The number of hydrogen-bond donors (Lipinski definition) is 0. The molecule has 2 aromatic carbocycles. The summed E-state index contributed by atoms with van der Waals surface area (Å²) in [6, 6.07) is 15.5. The summed E-state index contributed by atoms with van der Waals surface area (Å²) in [5.74, 6) is 1.29. The molecule has 2 aromatic rings. The Labute approximate surface area is 129 Å². The first kappa shape index (κ1) is 13.2. The second-order valence-electron chi connectivity index (χ2n) is 5.68. The molecule has 0 aliphatic carbocycles. The lowest BCUT2D eigenvalue weighted by atomic mass is 10.1. The van der Waals surface area contributed by atoms with Gasteiger partial charge in [-0.15, -0.1) is 0 Å². The van der Waals surface area contributed by atoms with Crippen LogP contribution in [0.2, 0.25) is 0 Å². The zero-order chi connectivity index (χ0) is 15.1. The molecule has 4 nitrogen and oxygen atoms in total. The van der Waals surface area contributed by atoms with Gasteiger partial charge in [-0.2, -0.15) is 0 Å². The molecule has 0 aromatic heterocycles. The van der Waals surface area contributed by atoms with Crippen LogP contribution in [0.15, 0.2) is 48.5 Å². The van der Waals surface area contributed by atoms with Crippen molar-refractivity contribution >= 4 is 11.6 Å². The highest BCUT2D eigenvalue weighted by atomic mass is 16.6. The van der Waals surface area contributed by atoms with E-state index in [1.807, 2.05) is 54.3 Å². The fourth-order valence-electron chi connectivity index (χ4n) is 3.11. The molecule has 0 saturated heterocycles. The second-order valence-corrected chi connectivity index (χ2v) is 5.68. The summed E-state index contributed by atoms with van der Waals surface area (Å²) in [6.07, 6.45) is -0.0308. The molecule has 2 aliphatic rings. The van der Waals surface area contributed by atoms with Gasteiger partial charge in [0.1, 0.15) is 6.10 Å². The highest BCUT2D eigenvalue weighted by molar-refractivity contribution is 5.99. The van der Waals surface area contributed by atoms with Gasteiger partial charge in [-0.25, -0.2) is 0 Å². The summed E-state index contributed by atoms with van der Waals surface area (Å²) in [7, 11) is 0. The SMILES string of the molecule is CC1Oc2ccccc2OC1C(=O)N1CCc2ccccc21. The zero-order valence-electron chi connectivity index (χ0n) is 12.4. The quantitative estimate of drug-likeness (QED) is 0.812. The molecule has 2 unspecified atom stereocenters. The van der Waals surface area contributed by atoms with Gasteiger partial charge in [-0.3, -0.25) is 4.79 Å². The summed E-state index contributed by atoms with van der Waals surface area (Å²) in [6.45, 7) is 2.58. The van der Waals surface area contributed by atoms with Crippen LogP contribution < -0.4 is 14.4 Å². The van der Waals surface area contributed by atoms with Crippen molar-refractivity contribution in [1.82, 2.24) is 0 Å². The number of rotatable bonds is 1. The van der Waals surface area contributed by atoms with Gasteiger partial charge in [0.2, 0.25) is 6.10 Å². The van der Waals surface area contributed by atoms with E-state index < -0.39 is 6.10 Å². The number of hydrogen-bond acceptors (Lipinski definition) is 3. The van der Waals surface area contributed by atoms with Gasteiger partial charge in [0.15, 0.2) is 11.5 Å². The summed E-state index contributed by atoms with van der Waals surface area (Å²) < 4.78 is 11.8. The van der Waals surface area contributed by atoms with E-state index in [1.54, 1.807) is 0 Å². The number of benzene rings is 2. The zero-order valence-corrected chi connectivity index (χ0v) is 12.4. The second kappa shape index (κ2) is 5.05. The number of para-hydroxylation sites is 3. The molecule has 0 fully saturated rings. The predicted molar refractivity (Wildman–Crippen MR) is 83.4 cm³/mol. The van der Waals surface area contributed by atoms with E-state index in [2.05, 4.69) is 6.07 Å². The van der Waals surface area contributed by atoms with Crippen molar-refractivity contribution < 1.29 is 14.3 Å². The molecule has 4 heteroatoms. The minimum absolute atomic E-state index is 0.0352. The van der Waals surface area contributed by atoms with Crippen molar-refractivity contribution in [3.8, 4) is 11.5 Å². The van der Waals surface area contributed by atoms with Crippen molar-refractivity contribution in [2.24, 2.45) is 0 Å². The lowest BCUT2D eigenvalue weighted by Gasteiger charge is -2.33. The van der Waals surface area contributed by atoms with Gasteiger partial charge in [0.25, 0.3) is 5.91 Å². The van der Waals surface area contributed by atoms with Crippen LogP contribution in [0, 0.1) is 0 Å². The number of fused-ring (bicyclic) bond motifs is 2. The third-order valence-corrected chi connectivity index (χ3v) is 4.24. The Balaban J connectivity index is 1.62. The minimum Gasteiger partial charge on any atom is -0.482 e. The van der Waals surface area contributed by atoms with E-state index in [0.29, 0.717) is 18.0 Å². The van der Waals surface area contributed by atoms with Crippen molar-refractivity contribution in [2.45, 2.75) is 25.6 Å². The average Bonchev–Trinajstić information content (AvgIpc) is 2.97. The Morgan fingerprint density at radius 2 is 1.73 bits per heavy atom. The first-order valence-corrected chi connectivity index (χ1v) is 7.55. The normalized spacial score (nSPS) is 22.3. The first-order valence-electron chi connectivity index (χ1n) is 7.55. The van der Waals surface area contributed by atoms with Crippen LogP contribution in [0.5, 0.6) is 11.5 Å². The van der Waals surface area contributed by atoms with Crippen LogP contribution in [-0.4, -0.2) is 24.7 Å². The van der Waals surface area contributed by atoms with Crippen LogP contribution in [0.25, 0.3) is 0 Å². The Morgan fingerprint density at radius 1 is 1.05 bits per heavy atom. The van der Waals surface area contributed by atoms with Gasteiger partial charge in [0.05, 0.1) is 0 Å². The van der Waals surface area contributed by atoms with Crippen LogP contribution >= 0.6 is 0 Å². The topological polar surface area (TPSA) is 38.8 Å². The molecule has 4 rings (SSSR count). The molecule has 0 spiro atoms. The fourth-order valence-corrected chi connectivity index (χ4v) is 3.11. The molecule has 112 valence electrons. The molecular formula is C18H17NO3. The highest BCUT2D eigenvalue weighted by Crippen LogP contribution is 2.35. The van der Waals surface area contributed by atoms with E-state index in [0.717, 1.165) is 12.1 Å². The van der Waals surface area contributed by atoms with Crippen LogP contribution in [0.1, 0.15) is 12.5 Å². The van der Waals surface area contributed by atoms with Gasteiger partial charge in [0, 0.05) is 12.2 Å². The van der Waals surface area contributed by atoms with Crippen molar-refractivity contribution in [3.63, 3.8) is 0 Å². The maximum atomic E-state index is 12.9. The summed E-state index contributed by atoms with van der Waals surface area (Å²) >= 11 is 0. The number of ether oxygens (including phenoxy) is 2. The predicted octanol–water partition coefficient (Wildman–Crippen LogP) is 2.80. The van der Waals surface area contributed by atoms with E-state index >= 15 is 0 Å². The van der Waals surface area contributed by atoms with E-state index in [-0.39, 0.29) is 12.0 Å². The molecule has 0 radical (unpaired) electrons. The van der Waals surface area contributed by atoms with Crippen LogP contribution in [-0.2, 0) is 11.2 Å². The summed E-state index contributed by atoms with van der Waals surface area (Å²) in [5, 5.41) is 0. The van der Waals surface area contributed by atoms with E-state index in [9.17, 15) is 4.79 Å². The molecular weight excluding hydrogens is 278 g/mol. The largest absolute Gasteiger partial charge is 0.482 e.